The normalized spacial score (nSPS) is 15.7. The van der Waals surface area contributed by atoms with Crippen molar-refractivity contribution in [2.24, 2.45) is 0 Å². The molecule has 0 fully saturated rings. The molecule has 6 heteroatoms. The molecule has 0 spiro atoms. The molecular formula is C8H7F3O3. The number of ketones is 1. The zero-order valence-electron chi connectivity index (χ0n) is 7.18. The van der Waals surface area contributed by atoms with Gasteiger partial charge < -0.3 is 5.11 Å². The van der Waals surface area contributed by atoms with Gasteiger partial charge in [0, 0.05) is 13.3 Å². The Hall–Kier alpha value is -1.59. The van der Waals surface area contributed by atoms with Crippen molar-refractivity contribution in [2.45, 2.75) is 13.3 Å². The molecule has 0 aromatic rings. The summed E-state index contributed by atoms with van der Waals surface area (Å²) in [4.78, 5) is 19.3. The lowest BCUT2D eigenvalue weighted by molar-refractivity contribution is -0.134. The minimum Gasteiger partial charge on any atom is -0.481 e. The van der Waals surface area contributed by atoms with Gasteiger partial charge in [0.2, 0.25) is 5.83 Å². The summed E-state index contributed by atoms with van der Waals surface area (Å²) in [5, 5.41) is 7.42. The molecule has 0 atom stereocenters. The second kappa shape index (κ2) is 5.21. The smallest absolute Gasteiger partial charge is 0.300 e. The summed E-state index contributed by atoms with van der Waals surface area (Å²) in [6, 6.07) is 0. The Morgan fingerprint density at radius 2 is 1.79 bits per heavy atom. The van der Waals surface area contributed by atoms with Crippen molar-refractivity contribution in [2.75, 3.05) is 0 Å². The molecule has 0 aromatic carbocycles. The second-order valence-corrected chi connectivity index (χ2v) is 2.33. The van der Waals surface area contributed by atoms with Gasteiger partial charge >= 0.3 is 0 Å². The molecule has 14 heavy (non-hydrogen) atoms. The third-order valence-electron chi connectivity index (χ3n) is 1.11. The highest BCUT2D eigenvalue weighted by atomic mass is 19.2. The van der Waals surface area contributed by atoms with Crippen LogP contribution in [0, 0.1) is 0 Å². The number of aliphatic carboxylic acids is 1. The van der Waals surface area contributed by atoms with Crippen LogP contribution >= 0.6 is 0 Å². The van der Waals surface area contributed by atoms with Gasteiger partial charge in [0.05, 0.1) is 0 Å². The molecule has 1 aliphatic carbocycles. The average Bonchev–Trinajstić information content (AvgIpc) is 2.07. The van der Waals surface area contributed by atoms with E-state index in [0.717, 1.165) is 6.92 Å². The van der Waals surface area contributed by atoms with E-state index in [1.165, 1.54) is 0 Å². The largest absolute Gasteiger partial charge is 0.481 e. The zero-order valence-corrected chi connectivity index (χ0v) is 7.18. The molecule has 0 heterocycles. The topological polar surface area (TPSA) is 54.4 Å². The van der Waals surface area contributed by atoms with Crippen LogP contribution in [0.2, 0.25) is 0 Å². The number of carbonyl (C=O) groups is 2. The summed E-state index contributed by atoms with van der Waals surface area (Å²) in [6.07, 6.45) is 0.311. The summed E-state index contributed by atoms with van der Waals surface area (Å²) in [5.74, 6) is -6.44. The summed E-state index contributed by atoms with van der Waals surface area (Å²) < 4.78 is 36.2. The number of carbonyl (C=O) groups excluding carboxylic acids is 1. The number of Topliss-reactive ketones (excluding diaryl/α,β-unsaturated/α-hetero) is 1. The van der Waals surface area contributed by atoms with E-state index < -0.39 is 35.7 Å². The molecule has 0 radical (unpaired) electrons. The summed E-state index contributed by atoms with van der Waals surface area (Å²) >= 11 is 0. The summed E-state index contributed by atoms with van der Waals surface area (Å²) in [7, 11) is 0. The van der Waals surface area contributed by atoms with Gasteiger partial charge in [-0.25, -0.2) is 8.78 Å². The Morgan fingerprint density at radius 1 is 1.36 bits per heavy atom. The lowest BCUT2D eigenvalue weighted by Gasteiger charge is -2.01. The van der Waals surface area contributed by atoms with Gasteiger partial charge in [-0.1, -0.05) is 0 Å². The molecule has 3 nitrogen and oxygen atoms in total. The van der Waals surface area contributed by atoms with Crippen molar-refractivity contribution < 1.29 is 27.9 Å². The van der Waals surface area contributed by atoms with Crippen molar-refractivity contribution in [1.82, 2.24) is 0 Å². The highest BCUT2D eigenvalue weighted by Gasteiger charge is 2.22. The van der Waals surface area contributed by atoms with Crippen molar-refractivity contribution in [3.8, 4) is 0 Å². The quantitative estimate of drug-likeness (QED) is 0.662. The van der Waals surface area contributed by atoms with Crippen LogP contribution in [0.4, 0.5) is 13.2 Å². The number of hydrogen-bond acceptors (Lipinski definition) is 2. The minimum atomic E-state index is -1.68. The molecule has 0 amide bonds. The fourth-order valence-electron chi connectivity index (χ4n) is 0.589. The van der Waals surface area contributed by atoms with Crippen LogP contribution in [0.5, 0.6) is 0 Å². The van der Waals surface area contributed by atoms with Gasteiger partial charge in [0.15, 0.2) is 17.4 Å². The lowest BCUT2D eigenvalue weighted by Crippen LogP contribution is -2.03. The molecule has 0 bridgehead atoms. The molecule has 1 N–H and O–H groups in total. The maximum Gasteiger partial charge on any atom is 0.300 e. The van der Waals surface area contributed by atoms with Crippen LogP contribution in [0.3, 0.4) is 0 Å². The van der Waals surface area contributed by atoms with Crippen molar-refractivity contribution in [1.29, 1.82) is 0 Å². The van der Waals surface area contributed by atoms with Gasteiger partial charge in [0.1, 0.15) is 0 Å². The fourth-order valence-corrected chi connectivity index (χ4v) is 0.589. The van der Waals surface area contributed by atoms with E-state index in [1.54, 1.807) is 0 Å². The highest BCUT2D eigenvalue weighted by molar-refractivity contribution is 5.96. The van der Waals surface area contributed by atoms with Gasteiger partial charge in [0.25, 0.3) is 5.97 Å². The van der Waals surface area contributed by atoms with Crippen molar-refractivity contribution in [3.63, 3.8) is 0 Å². The molecule has 0 unspecified atom stereocenters. The van der Waals surface area contributed by atoms with E-state index in [9.17, 15) is 18.0 Å². The maximum atomic E-state index is 12.1. The third-order valence-corrected chi connectivity index (χ3v) is 1.11. The van der Waals surface area contributed by atoms with E-state index >= 15 is 0 Å². The average molecular weight is 208 g/mol. The van der Waals surface area contributed by atoms with Crippen molar-refractivity contribution in [3.05, 3.63) is 23.6 Å². The van der Waals surface area contributed by atoms with Crippen LogP contribution in [0.25, 0.3) is 0 Å². The minimum absolute atomic E-state index is 0.398. The number of carboxylic acid groups (broad SMARTS) is 1. The first-order chi connectivity index (χ1) is 6.36. The van der Waals surface area contributed by atoms with Gasteiger partial charge in [-0.05, 0) is 6.08 Å². The molecule has 1 rings (SSSR count). The van der Waals surface area contributed by atoms with Crippen LogP contribution < -0.4 is 0 Å². The molecule has 0 saturated heterocycles. The Balaban J connectivity index is 0.000000364. The number of carboxylic acids is 1. The van der Waals surface area contributed by atoms with E-state index in [1.807, 2.05) is 0 Å². The molecule has 78 valence electrons. The molecule has 0 aromatic heterocycles. The predicted octanol–water partition coefficient (Wildman–Crippen LogP) is 2.05. The predicted molar refractivity (Wildman–Crippen MR) is 41.4 cm³/mol. The molecular weight excluding hydrogens is 201 g/mol. The Bertz CT molecular complexity index is 310. The lowest BCUT2D eigenvalue weighted by atomic mass is 10.1. The Labute approximate surface area is 77.5 Å². The molecule has 1 aliphatic rings. The zero-order chi connectivity index (χ0) is 11.3. The maximum absolute atomic E-state index is 12.1. The SMILES string of the molecule is CC(=O)O.O=C1CC=C(F)C(F)=C1F. The first kappa shape index (κ1) is 12.4. The monoisotopic (exact) mass is 208 g/mol. The number of rotatable bonds is 0. The van der Waals surface area contributed by atoms with Crippen molar-refractivity contribution >= 4 is 11.8 Å². The van der Waals surface area contributed by atoms with Crippen LogP contribution in [0.1, 0.15) is 13.3 Å². The Morgan fingerprint density at radius 3 is 2.14 bits per heavy atom. The summed E-state index contributed by atoms with van der Waals surface area (Å²) in [6.45, 7) is 1.08. The molecule has 0 saturated carbocycles. The molecule has 0 aliphatic heterocycles. The van der Waals surface area contributed by atoms with E-state index in [0.29, 0.717) is 6.08 Å². The fraction of sp³-hybridized carbons (Fsp3) is 0.250. The number of halogens is 3. The van der Waals surface area contributed by atoms with Crippen LogP contribution in [0.15, 0.2) is 23.6 Å². The van der Waals surface area contributed by atoms with Crippen LogP contribution in [-0.4, -0.2) is 16.9 Å². The standard InChI is InChI=1S/C6H3F3O.C2H4O2/c7-3-1-2-4(10)6(9)5(3)8;1-2(3)4/h1H,2H2;1H3,(H,3,4). The first-order valence-electron chi connectivity index (χ1n) is 3.50. The Kier molecular flexibility index (Phi) is 4.62. The highest BCUT2D eigenvalue weighted by Crippen LogP contribution is 2.25. The first-order valence-corrected chi connectivity index (χ1v) is 3.50. The van der Waals surface area contributed by atoms with E-state index in [-0.39, 0.29) is 0 Å². The second-order valence-electron chi connectivity index (χ2n) is 2.33. The van der Waals surface area contributed by atoms with Gasteiger partial charge in [-0.15, -0.1) is 0 Å². The van der Waals surface area contributed by atoms with Gasteiger partial charge in [-0.2, -0.15) is 4.39 Å². The number of hydrogen-bond donors (Lipinski definition) is 1. The number of allylic oxidation sites excluding steroid dienone is 4. The van der Waals surface area contributed by atoms with E-state index in [4.69, 9.17) is 9.90 Å². The summed E-state index contributed by atoms with van der Waals surface area (Å²) in [5.41, 5.74) is 0. The van der Waals surface area contributed by atoms with E-state index in [2.05, 4.69) is 0 Å². The third kappa shape index (κ3) is 3.88. The van der Waals surface area contributed by atoms with Gasteiger partial charge in [-0.3, -0.25) is 9.59 Å². The van der Waals surface area contributed by atoms with Crippen LogP contribution in [-0.2, 0) is 9.59 Å².